The van der Waals surface area contributed by atoms with Crippen LogP contribution < -0.4 is 0 Å². The average Bonchev–Trinajstić information content (AvgIpc) is 2.79. The van der Waals surface area contributed by atoms with E-state index in [1.165, 1.54) is 55.5 Å². The summed E-state index contributed by atoms with van der Waals surface area (Å²) in [6, 6.07) is 11.5. The standard InChI is InChI=1S/C30H39FO2/c1-7-8-9-10-21(11-12-22-13-14-24(20-27(22)31)28(32)33-6)23-15-16-25-26(19-23)30(4,5)18-17-29(25,2)3/h11-16,19-21H,7-10,17-18H2,1-6H3/b12-11+. The monoisotopic (exact) mass is 450 g/mol. The molecule has 178 valence electrons. The second-order valence-electron chi connectivity index (χ2n) is 10.8. The number of esters is 1. The topological polar surface area (TPSA) is 26.3 Å². The maximum absolute atomic E-state index is 14.7. The van der Waals surface area contributed by atoms with E-state index in [-0.39, 0.29) is 22.3 Å². The minimum Gasteiger partial charge on any atom is -0.465 e. The third kappa shape index (κ3) is 5.75. The average molecular weight is 451 g/mol. The van der Waals surface area contributed by atoms with Gasteiger partial charge in [0, 0.05) is 11.5 Å². The van der Waals surface area contributed by atoms with Crippen molar-refractivity contribution in [2.45, 2.75) is 89.9 Å². The molecule has 3 heteroatoms. The number of allylic oxidation sites excluding steroid dienone is 1. The van der Waals surface area contributed by atoms with Crippen molar-refractivity contribution in [3.8, 4) is 0 Å². The van der Waals surface area contributed by atoms with Gasteiger partial charge in [0.15, 0.2) is 0 Å². The number of rotatable bonds is 8. The van der Waals surface area contributed by atoms with Crippen LogP contribution in [-0.4, -0.2) is 13.1 Å². The Morgan fingerprint density at radius 1 is 1.03 bits per heavy atom. The first-order valence-electron chi connectivity index (χ1n) is 12.3. The van der Waals surface area contributed by atoms with Crippen LogP contribution in [0.15, 0.2) is 42.5 Å². The molecule has 2 aromatic rings. The van der Waals surface area contributed by atoms with Crippen molar-refractivity contribution in [2.75, 3.05) is 7.11 Å². The van der Waals surface area contributed by atoms with Gasteiger partial charge in [0.1, 0.15) is 5.82 Å². The number of unbranched alkanes of at least 4 members (excludes halogenated alkanes) is 2. The smallest absolute Gasteiger partial charge is 0.337 e. The molecule has 0 aromatic heterocycles. The molecule has 0 amide bonds. The van der Waals surface area contributed by atoms with Gasteiger partial charge in [-0.3, -0.25) is 0 Å². The Labute approximate surface area is 199 Å². The summed E-state index contributed by atoms with van der Waals surface area (Å²) in [5.74, 6) is -0.710. The number of methoxy groups -OCH3 is 1. The van der Waals surface area contributed by atoms with E-state index in [0.29, 0.717) is 5.56 Å². The Bertz CT molecular complexity index is 1020. The van der Waals surface area contributed by atoms with E-state index in [1.54, 1.807) is 12.1 Å². The second kappa shape index (κ2) is 10.2. The Morgan fingerprint density at radius 3 is 2.36 bits per heavy atom. The van der Waals surface area contributed by atoms with Crippen molar-refractivity contribution in [2.24, 2.45) is 0 Å². The molecule has 2 nitrogen and oxygen atoms in total. The van der Waals surface area contributed by atoms with E-state index < -0.39 is 11.8 Å². The van der Waals surface area contributed by atoms with Gasteiger partial charge in [0.2, 0.25) is 0 Å². The highest BCUT2D eigenvalue weighted by atomic mass is 19.1. The summed E-state index contributed by atoms with van der Waals surface area (Å²) in [5, 5.41) is 0. The molecule has 0 spiro atoms. The van der Waals surface area contributed by atoms with Crippen molar-refractivity contribution >= 4 is 12.0 Å². The number of ether oxygens (including phenoxy) is 1. The zero-order chi connectivity index (χ0) is 24.2. The van der Waals surface area contributed by atoms with Gasteiger partial charge in [0.25, 0.3) is 0 Å². The van der Waals surface area contributed by atoms with Crippen molar-refractivity contribution in [3.05, 3.63) is 76.1 Å². The van der Waals surface area contributed by atoms with Crippen molar-refractivity contribution in [1.29, 1.82) is 0 Å². The van der Waals surface area contributed by atoms with E-state index >= 15 is 0 Å². The minimum atomic E-state index is -0.526. The highest BCUT2D eigenvalue weighted by Crippen LogP contribution is 2.46. The molecule has 1 unspecified atom stereocenters. The van der Waals surface area contributed by atoms with Crippen molar-refractivity contribution in [1.82, 2.24) is 0 Å². The molecule has 0 fully saturated rings. The summed E-state index contributed by atoms with van der Waals surface area (Å²) >= 11 is 0. The fourth-order valence-electron chi connectivity index (χ4n) is 4.95. The van der Waals surface area contributed by atoms with Gasteiger partial charge >= 0.3 is 5.97 Å². The quantitative estimate of drug-likeness (QED) is 0.298. The van der Waals surface area contributed by atoms with Crippen LogP contribution in [0, 0.1) is 5.82 Å². The Kier molecular flexibility index (Phi) is 7.82. The summed E-state index contributed by atoms with van der Waals surface area (Å²) in [6.07, 6.45) is 10.9. The van der Waals surface area contributed by atoms with Gasteiger partial charge in [0.05, 0.1) is 12.7 Å². The maximum Gasteiger partial charge on any atom is 0.337 e. The lowest BCUT2D eigenvalue weighted by molar-refractivity contribution is 0.0600. The maximum atomic E-state index is 14.7. The number of carbonyl (C=O) groups is 1. The zero-order valence-corrected chi connectivity index (χ0v) is 21.1. The molecule has 1 aliphatic rings. The summed E-state index contributed by atoms with van der Waals surface area (Å²) < 4.78 is 19.4. The van der Waals surface area contributed by atoms with Crippen LogP contribution in [0.3, 0.4) is 0 Å². The van der Waals surface area contributed by atoms with Crippen LogP contribution in [0.5, 0.6) is 0 Å². The first kappa shape index (κ1) is 25.2. The number of fused-ring (bicyclic) bond motifs is 1. The third-order valence-electron chi connectivity index (χ3n) is 7.35. The minimum absolute atomic E-state index is 0.161. The fraction of sp³-hybridized carbons (Fsp3) is 0.500. The van der Waals surface area contributed by atoms with Crippen LogP contribution >= 0.6 is 0 Å². The van der Waals surface area contributed by atoms with Gasteiger partial charge in [-0.15, -0.1) is 0 Å². The normalized spacial score (nSPS) is 17.5. The number of benzene rings is 2. The molecule has 0 radical (unpaired) electrons. The van der Waals surface area contributed by atoms with Gasteiger partial charge in [-0.2, -0.15) is 0 Å². The summed E-state index contributed by atoms with van der Waals surface area (Å²) in [7, 11) is 1.30. The lowest BCUT2D eigenvalue weighted by atomic mass is 9.62. The molecule has 2 aromatic carbocycles. The lowest BCUT2D eigenvalue weighted by Gasteiger charge is -2.42. The molecule has 3 rings (SSSR count). The molecule has 0 bridgehead atoms. The number of hydrogen-bond donors (Lipinski definition) is 0. The SMILES string of the molecule is CCCCCC(/C=C/c1ccc(C(=O)OC)cc1F)c1ccc2c(c1)C(C)(C)CCC2(C)C. The first-order chi connectivity index (χ1) is 15.6. The van der Waals surface area contributed by atoms with Crippen LogP contribution in [-0.2, 0) is 15.6 Å². The Hall–Kier alpha value is -2.42. The molecule has 0 aliphatic heterocycles. The molecule has 0 saturated heterocycles. The number of hydrogen-bond acceptors (Lipinski definition) is 2. The van der Waals surface area contributed by atoms with Crippen LogP contribution in [0.4, 0.5) is 4.39 Å². The lowest BCUT2D eigenvalue weighted by Crippen LogP contribution is -2.34. The van der Waals surface area contributed by atoms with Crippen molar-refractivity contribution in [3.63, 3.8) is 0 Å². The molecular formula is C30H39FO2. The van der Waals surface area contributed by atoms with E-state index in [0.717, 1.165) is 12.8 Å². The molecule has 0 heterocycles. The highest BCUT2D eigenvalue weighted by molar-refractivity contribution is 5.89. The fourth-order valence-corrected chi connectivity index (χ4v) is 4.95. The summed E-state index contributed by atoms with van der Waals surface area (Å²) in [6.45, 7) is 11.6. The predicted molar refractivity (Wildman–Crippen MR) is 135 cm³/mol. The molecule has 33 heavy (non-hydrogen) atoms. The van der Waals surface area contributed by atoms with Gasteiger partial charge in [-0.1, -0.05) is 90.3 Å². The molecular weight excluding hydrogens is 411 g/mol. The molecule has 1 atom stereocenters. The van der Waals surface area contributed by atoms with Crippen molar-refractivity contribution < 1.29 is 13.9 Å². The van der Waals surface area contributed by atoms with Gasteiger partial charge in [-0.25, -0.2) is 9.18 Å². The highest BCUT2D eigenvalue weighted by Gasteiger charge is 2.37. The summed E-state index contributed by atoms with van der Waals surface area (Å²) in [4.78, 5) is 11.7. The Morgan fingerprint density at radius 2 is 1.73 bits per heavy atom. The van der Waals surface area contributed by atoms with Gasteiger partial charge < -0.3 is 4.74 Å². The zero-order valence-electron chi connectivity index (χ0n) is 21.1. The predicted octanol–water partition coefficient (Wildman–Crippen LogP) is 8.34. The second-order valence-corrected chi connectivity index (χ2v) is 10.8. The van der Waals surface area contributed by atoms with E-state index in [1.807, 2.05) is 6.08 Å². The molecule has 1 aliphatic carbocycles. The van der Waals surface area contributed by atoms with Crippen LogP contribution in [0.1, 0.15) is 112 Å². The number of halogens is 1. The van der Waals surface area contributed by atoms with E-state index in [4.69, 9.17) is 4.74 Å². The van der Waals surface area contributed by atoms with E-state index in [2.05, 4.69) is 58.9 Å². The molecule has 0 N–H and O–H groups in total. The largest absolute Gasteiger partial charge is 0.465 e. The van der Waals surface area contributed by atoms with Crippen LogP contribution in [0.2, 0.25) is 0 Å². The number of carbonyl (C=O) groups excluding carboxylic acids is 1. The molecule has 0 saturated carbocycles. The first-order valence-corrected chi connectivity index (χ1v) is 12.3. The Balaban J connectivity index is 1.95. The van der Waals surface area contributed by atoms with E-state index in [9.17, 15) is 9.18 Å². The third-order valence-corrected chi connectivity index (χ3v) is 7.35. The van der Waals surface area contributed by atoms with Gasteiger partial charge in [-0.05, 0) is 58.9 Å². The van der Waals surface area contributed by atoms with Crippen LogP contribution in [0.25, 0.3) is 6.08 Å². The summed E-state index contributed by atoms with van der Waals surface area (Å²) in [5.41, 5.74) is 5.30.